The number of aliphatic hydroxyl groups excluding tert-OH is 1. The van der Waals surface area contributed by atoms with E-state index in [4.69, 9.17) is 5.11 Å². The Morgan fingerprint density at radius 3 is 1.84 bits per heavy atom. The fraction of sp³-hybridized carbons (Fsp3) is 0.471. The van der Waals surface area contributed by atoms with Crippen LogP contribution in [0.1, 0.15) is 44.7 Å². The number of hydrogen-bond acceptors (Lipinski definition) is 2. The van der Waals surface area contributed by atoms with E-state index in [0.29, 0.717) is 5.92 Å². The first kappa shape index (κ1) is 19.9. The van der Waals surface area contributed by atoms with Crippen LogP contribution in [-0.4, -0.2) is 18.5 Å². The van der Waals surface area contributed by atoms with E-state index in [1.165, 1.54) is 11.1 Å². The van der Waals surface area contributed by atoms with E-state index < -0.39 is 0 Å². The summed E-state index contributed by atoms with van der Waals surface area (Å²) in [6.45, 7) is 8.12. The van der Waals surface area contributed by atoms with Gasteiger partial charge in [0.1, 0.15) is 6.29 Å². The maximum Gasteiger partial charge on any atom is 0.123 e. The minimum absolute atomic E-state index is 0.454. The summed E-state index contributed by atoms with van der Waals surface area (Å²) < 4.78 is 0. The zero-order valence-electron chi connectivity index (χ0n) is 12.9. The first-order valence-electron chi connectivity index (χ1n) is 6.85. The van der Waals surface area contributed by atoms with Crippen LogP contribution >= 0.6 is 0 Å². The maximum atomic E-state index is 9.57. The highest BCUT2D eigenvalue weighted by Crippen LogP contribution is 2.25. The number of benzene rings is 1. The van der Waals surface area contributed by atoms with Gasteiger partial charge in [0.25, 0.3) is 0 Å². The monoisotopic (exact) mass is 264 g/mol. The normalized spacial score (nSPS) is 12.1. The van der Waals surface area contributed by atoms with E-state index in [-0.39, 0.29) is 0 Å². The van der Waals surface area contributed by atoms with E-state index in [0.717, 1.165) is 26.2 Å². The number of allylic oxidation sites excluding steroid dienone is 1. The number of rotatable bonds is 2. The van der Waals surface area contributed by atoms with Crippen molar-refractivity contribution in [2.75, 3.05) is 7.11 Å². The van der Waals surface area contributed by atoms with E-state index in [2.05, 4.69) is 37.3 Å². The summed E-state index contributed by atoms with van der Waals surface area (Å²) >= 11 is 0. The lowest BCUT2D eigenvalue weighted by molar-refractivity contribution is -0.108. The molecule has 0 atom stereocenters. The summed E-state index contributed by atoms with van der Waals surface area (Å²) in [6.07, 6.45) is 7.46. The first-order chi connectivity index (χ1) is 9.26. The average Bonchev–Trinajstić information content (AvgIpc) is 3.31. The van der Waals surface area contributed by atoms with Crippen molar-refractivity contribution in [3.05, 3.63) is 41.5 Å². The van der Waals surface area contributed by atoms with Crippen LogP contribution in [-0.2, 0) is 4.79 Å². The lowest BCUT2D eigenvalue weighted by Gasteiger charge is -1.92. The molecule has 0 radical (unpaired) electrons. The van der Waals surface area contributed by atoms with Crippen molar-refractivity contribution in [3.63, 3.8) is 0 Å². The Kier molecular flexibility index (Phi) is 15.4. The van der Waals surface area contributed by atoms with Gasteiger partial charge >= 0.3 is 0 Å². The molecule has 2 heteroatoms. The summed E-state index contributed by atoms with van der Waals surface area (Å²) in [5, 5.41) is 7.00. The molecule has 0 bridgehead atoms. The van der Waals surface area contributed by atoms with Crippen LogP contribution in [0.25, 0.3) is 6.08 Å². The van der Waals surface area contributed by atoms with Crippen molar-refractivity contribution < 1.29 is 9.90 Å². The van der Waals surface area contributed by atoms with Crippen molar-refractivity contribution in [1.29, 1.82) is 0 Å². The predicted octanol–water partition coefficient (Wildman–Crippen LogP) is 4.26. The standard InChI is InChI=1S/C10H12.C4H6O.C2H6.CH4O/c1-3-4-10-7-5-9(2)6-8-10;5-3-4-1-2-4;2*1-2/h3-8H,1-2H3;3-4H,1-2H2;1-2H3;2H,1H3/b4-3-;;;. The van der Waals surface area contributed by atoms with Gasteiger partial charge in [0, 0.05) is 13.0 Å². The van der Waals surface area contributed by atoms with Gasteiger partial charge in [0.05, 0.1) is 0 Å². The summed E-state index contributed by atoms with van der Waals surface area (Å²) in [7, 11) is 1.00. The van der Waals surface area contributed by atoms with Crippen LogP contribution in [0.4, 0.5) is 0 Å². The van der Waals surface area contributed by atoms with E-state index in [1.807, 2.05) is 26.8 Å². The fourth-order valence-electron chi connectivity index (χ4n) is 1.10. The average molecular weight is 264 g/mol. The van der Waals surface area contributed by atoms with Crippen LogP contribution < -0.4 is 0 Å². The largest absolute Gasteiger partial charge is 0.400 e. The second-order valence-electron chi connectivity index (χ2n) is 3.88. The summed E-state index contributed by atoms with van der Waals surface area (Å²) in [5.74, 6) is 0.454. The molecule has 0 amide bonds. The molecule has 1 fully saturated rings. The SMILES string of the molecule is C/C=C\c1ccc(C)cc1.CC.CO.O=CC1CC1. The van der Waals surface area contributed by atoms with Crippen LogP contribution in [0, 0.1) is 12.8 Å². The molecule has 1 aliphatic rings. The molecule has 1 aromatic carbocycles. The molecule has 2 nitrogen and oxygen atoms in total. The van der Waals surface area contributed by atoms with Gasteiger partial charge in [0.2, 0.25) is 0 Å². The van der Waals surface area contributed by atoms with Crippen molar-refractivity contribution in [3.8, 4) is 0 Å². The highest BCUT2D eigenvalue weighted by Gasteiger charge is 2.18. The summed E-state index contributed by atoms with van der Waals surface area (Å²) in [6, 6.07) is 8.48. The number of hydrogen-bond donors (Lipinski definition) is 1. The smallest absolute Gasteiger partial charge is 0.123 e. The van der Waals surface area contributed by atoms with Crippen LogP contribution in [0.2, 0.25) is 0 Å². The Hall–Kier alpha value is -1.41. The third-order valence-electron chi connectivity index (χ3n) is 2.25. The van der Waals surface area contributed by atoms with Gasteiger partial charge in [-0.15, -0.1) is 0 Å². The van der Waals surface area contributed by atoms with Crippen LogP contribution in [0.3, 0.4) is 0 Å². The molecule has 2 rings (SSSR count). The third kappa shape index (κ3) is 12.8. The predicted molar refractivity (Wildman–Crippen MR) is 84.2 cm³/mol. The van der Waals surface area contributed by atoms with Crippen molar-refractivity contribution >= 4 is 12.4 Å². The van der Waals surface area contributed by atoms with Gasteiger partial charge in [-0.1, -0.05) is 55.8 Å². The lowest BCUT2D eigenvalue weighted by Crippen LogP contribution is -1.71. The number of aldehydes is 1. The second-order valence-corrected chi connectivity index (χ2v) is 3.88. The van der Waals surface area contributed by atoms with Gasteiger partial charge in [0.15, 0.2) is 0 Å². The molecule has 0 heterocycles. The highest BCUT2D eigenvalue weighted by atomic mass is 16.2. The molecule has 1 N–H and O–H groups in total. The van der Waals surface area contributed by atoms with Gasteiger partial charge in [-0.25, -0.2) is 0 Å². The van der Waals surface area contributed by atoms with Crippen LogP contribution in [0.5, 0.6) is 0 Å². The lowest BCUT2D eigenvalue weighted by atomic mass is 10.1. The Morgan fingerprint density at radius 1 is 1.11 bits per heavy atom. The molecule has 1 saturated carbocycles. The van der Waals surface area contributed by atoms with E-state index in [9.17, 15) is 4.79 Å². The summed E-state index contributed by atoms with van der Waals surface area (Å²) in [4.78, 5) is 9.57. The number of aliphatic hydroxyl groups is 1. The molecule has 0 aromatic heterocycles. The quantitative estimate of drug-likeness (QED) is 0.810. The molecule has 1 aliphatic carbocycles. The van der Waals surface area contributed by atoms with Crippen molar-refractivity contribution in [2.24, 2.45) is 5.92 Å². The zero-order valence-corrected chi connectivity index (χ0v) is 12.9. The minimum Gasteiger partial charge on any atom is -0.400 e. The molecule has 0 saturated heterocycles. The molecular weight excluding hydrogens is 236 g/mol. The van der Waals surface area contributed by atoms with E-state index in [1.54, 1.807) is 0 Å². The molecule has 1 aromatic rings. The maximum absolute atomic E-state index is 9.57. The Bertz CT molecular complexity index is 322. The van der Waals surface area contributed by atoms with E-state index >= 15 is 0 Å². The Morgan fingerprint density at radius 2 is 1.58 bits per heavy atom. The molecule has 0 spiro atoms. The molecule has 0 aliphatic heterocycles. The topological polar surface area (TPSA) is 37.3 Å². The fourth-order valence-corrected chi connectivity index (χ4v) is 1.10. The minimum atomic E-state index is 0.454. The van der Waals surface area contributed by atoms with Gasteiger partial charge in [-0.3, -0.25) is 0 Å². The number of carbonyl (C=O) groups excluding carboxylic acids is 1. The third-order valence-corrected chi connectivity index (χ3v) is 2.25. The molecule has 19 heavy (non-hydrogen) atoms. The van der Waals surface area contributed by atoms with Crippen molar-refractivity contribution in [1.82, 2.24) is 0 Å². The molecule has 108 valence electrons. The highest BCUT2D eigenvalue weighted by molar-refractivity contribution is 5.56. The Labute approximate surface area is 118 Å². The van der Waals surface area contributed by atoms with Crippen molar-refractivity contribution in [2.45, 2.75) is 40.5 Å². The molecular formula is C17H28O2. The van der Waals surface area contributed by atoms with Gasteiger partial charge in [-0.2, -0.15) is 0 Å². The molecule has 0 unspecified atom stereocenters. The first-order valence-corrected chi connectivity index (χ1v) is 6.85. The second kappa shape index (κ2) is 14.7. The summed E-state index contributed by atoms with van der Waals surface area (Å²) in [5.41, 5.74) is 2.58. The number of carbonyl (C=O) groups is 1. The zero-order chi connectivity index (χ0) is 15.1. The number of aryl methyl sites for hydroxylation is 1. The van der Waals surface area contributed by atoms with Gasteiger partial charge < -0.3 is 9.90 Å². The van der Waals surface area contributed by atoms with Crippen LogP contribution in [0.15, 0.2) is 30.3 Å². The van der Waals surface area contributed by atoms with Gasteiger partial charge in [-0.05, 0) is 32.3 Å². The Balaban J connectivity index is 0.